The van der Waals surface area contributed by atoms with E-state index in [4.69, 9.17) is 13.7 Å². The predicted octanol–water partition coefficient (Wildman–Crippen LogP) is -0.669. The van der Waals surface area contributed by atoms with E-state index in [2.05, 4.69) is 11.9 Å². The maximum absolute atomic E-state index is 11.7. The van der Waals surface area contributed by atoms with Crippen LogP contribution in [-0.4, -0.2) is 51.1 Å². The first kappa shape index (κ1) is 16.1. The van der Waals surface area contributed by atoms with Gasteiger partial charge in [-0.2, -0.15) is 0 Å². The highest BCUT2D eigenvalue weighted by molar-refractivity contribution is 7.74. The van der Waals surface area contributed by atoms with Crippen molar-refractivity contribution in [3.8, 4) is 0 Å². The molecule has 1 amide bonds. The van der Waals surface area contributed by atoms with Gasteiger partial charge in [0.1, 0.15) is 12.6 Å². The van der Waals surface area contributed by atoms with Crippen molar-refractivity contribution in [3.63, 3.8) is 0 Å². The minimum absolute atomic E-state index is 0.335. The molecule has 0 saturated carbocycles. The number of carbonyl (C=O) groups is 2. The van der Waals surface area contributed by atoms with Crippen LogP contribution in [0.3, 0.4) is 0 Å². The van der Waals surface area contributed by atoms with E-state index in [0.717, 1.165) is 6.08 Å². The number of ether oxygens (including phenoxy) is 2. The summed E-state index contributed by atoms with van der Waals surface area (Å²) in [6.07, 6.45) is 0.215. The van der Waals surface area contributed by atoms with Gasteiger partial charge in [0.2, 0.25) is 5.91 Å². The average molecular weight is 318 g/mol. The number of carbonyl (C=O) groups excluding carboxylic acids is 2. The molecule has 1 N–H and O–H groups in total. The van der Waals surface area contributed by atoms with Crippen molar-refractivity contribution >= 4 is 23.2 Å². The summed E-state index contributed by atoms with van der Waals surface area (Å²) in [5.74, 6) is -1.20. The zero-order valence-corrected chi connectivity index (χ0v) is 12.2. The van der Waals surface area contributed by atoms with E-state index in [1.807, 2.05) is 0 Å². The summed E-state index contributed by atoms with van der Waals surface area (Å²) in [7, 11) is 0. The lowest BCUT2D eigenvalue weighted by Crippen LogP contribution is -2.48. The van der Waals surface area contributed by atoms with Gasteiger partial charge in [-0.15, -0.1) is 0 Å². The largest absolute Gasteiger partial charge is 0.750 e. The van der Waals surface area contributed by atoms with Gasteiger partial charge in [0.15, 0.2) is 6.10 Å². The van der Waals surface area contributed by atoms with Gasteiger partial charge in [-0.05, 0) is 25.8 Å². The lowest BCUT2D eigenvalue weighted by molar-refractivity contribution is -0.155. The molecule has 5 unspecified atom stereocenters. The summed E-state index contributed by atoms with van der Waals surface area (Å²) in [4.78, 5) is 22.7. The Morgan fingerprint density at radius 1 is 1.62 bits per heavy atom. The van der Waals surface area contributed by atoms with E-state index in [1.165, 1.54) is 0 Å². The Hall–Kier alpha value is -1.29. The number of hydrogen-bond donors (Lipinski definition) is 1. The quantitative estimate of drug-likeness (QED) is 0.392. The van der Waals surface area contributed by atoms with Crippen LogP contribution in [0.15, 0.2) is 12.7 Å². The number of rotatable bonds is 6. The molecule has 8 nitrogen and oxygen atoms in total. The zero-order chi connectivity index (χ0) is 15.6. The van der Waals surface area contributed by atoms with Crippen LogP contribution in [0.1, 0.15) is 19.8 Å². The Kier molecular flexibility index (Phi) is 4.77. The van der Waals surface area contributed by atoms with E-state index in [1.54, 1.807) is 6.92 Å². The topological polar surface area (TPSA) is 114 Å². The second-order valence-electron chi connectivity index (χ2n) is 5.10. The molecule has 118 valence electrons. The Bertz CT molecular complexity index is 482. The van der Waals surface area contributed by atoms with Gasteiger partial charge in [-0.3, -0.25) is 13.8 Å². The van der Waals surface area contributed by atoms with Crippen molar-refractivity contribution in [3.05, 3.63) is 12.7 Å². The summed E-state index contributed by atoms with van der Waals surface area (Å²) in [6, 6.07) is 0. The second-order valence-corrected chi connectivity index (χ2v) is 5.71. The Morgan fingerprint density at radius 2 is 2.33 bits per heavy atom. The van der Waals surface area contributed by atoms with Crippen LogP contribution >= 0.6 is 0 Å². The molecule has 0 aromatic heterocycles. The standard InChI is InChI=1S/C12H17NO7S/c1-3-8(14)13-6-9(15)18-10-7-4-5-12(2,19-7)11(10)20-21(16)17/h3,7,10-11H,1,4-6H2,2H3,(H,13,14)(H,16,17)/p-1. The first-order chi connectivity index (χ1) is 9.85. The first-order valence-corrected chi connectivity index (χ1v) is 7.39. The molecule has 2 fully saturated rings. The molecule has 0 aromatic rings. The molecule has 5 atom stereocenters. The fraction of sp³-hybridized carbons (Fsp3) is 0.667. The van der Waals surface area contributed by atoms with Crippen molar-refractivity contribution in [2.24, 2.45) is 0 Å². The smallest absolute Gasteiger partial charge is 0.325 e. The number of nitrogens with one attached hydrogen (secondary N) is 1. The summed E-state index contributed by atoms with van der Waals surface area (Å²) >= 11 is -2.74. The third-order valence-corrected chi connectivity index (χ3v) is 4.02. The highest BCUT2D eigenvalue weighted by Gasteiger charge is 2.60. The fourth-order valence-electron chi connectivity index (χ4n) is 2.68. The van der Waals surface area contributed by atoms with Crippen molar-refractivity contribution in [2.75, 3.05) is 6.54 Å². The summed E-state index contributed by atoms with van der Waals surface area (Å²) in [5.41, 5.74) is -0.792. The van der Waals surface area contributed by atoms with Gasteiger partial charge in [0.05, 0.1) is 23.1 Å². The van der Waals surface area contributed by atoms with Crippen molar-refractivity contribution in [1.82, 2.24) is 5.32 Å². The number of hydrogen-bond acceptors (Lipinski definition) is 7. The molecule has 9 heteroatoms. The predicted molar refractivity (Wildman–Crippen MR) is 69.4 cm³/mol. The maximum atomic E-state index is 11.7. The summed E-state index contributed by atoms with van der Waals surface area (Å²) < 4.78 is 37.2. The van der Waals surface area contributed by atoms with Crippen molar-refractivity contribution < 1.29 is 32.0 Å². The van der Waals surface area contributed by atoms with E-state index in [0.29, 0.717) is 12.8 Å². The molecule has 0 aliphatic carbocycles. The molecule has 2 aliphatic heterocycles. The number of fused-ring (bicyclic) bond motifs is 2. The third kappa shape index (κ3) is 3.49. The molecule has 0 aromatic carbocycles. The van der Waals surface area contributed by atoms with Crippen LogP contribution < -0.4 is 5.32 Å². The Labute approximate surface area is 124 Å². The van der Waals surface area contributed by atoms with Crippen molar-refractivity contribution in [1.29, 1.82) is 0 Å². The zero-order valence-electron chi connectivity index (χ0n) is 11.4. The van der Waals surface area contributed by atoms with E-state index in [-0.39, 0.29) is 6.54 Å². The maximum Gasteiger partial charge on any atom is 0.325 e. The molecule has 0 radical (unpaired) electrons. The number of amides is 1. The third-order valence-electron chi connectivity index (χ3n) is 3.65. The molecule has 2 aliphatic rings. The highest BCUT2D eigenvalue weighted by atomic mass is 32.2. The summed E-state index contributed by atoms with van der Waals surface area (Å²) in [5, 5.41) is 2.28. The molecule has 2 rings (SSSR count). The highest BCUT2D eigenvalue weighted by Crippen LogP contribution is 2.46. The van der Waals surface area contributed by atoms with E-state index < -0.39 is 47.2 Å². The van der Waals surface area contributed by atoms with Crippen LogP contribution in [0.5, 0.6) is 0 Å². The number of esters is 1. The van der Waals surface area contributed by atoms with Gasteiger partial charge in [0.25, 0.3) is 0 Å². The van der Waals surface area contributed by atoms with E-state index in [9.17, 15) is 18.4 Å². The second kappa shape index (κ2) is 6.22. The van der Waals surface area contributed by atoms with Crippen LogP contribution in [-0.2, 0) is 34.6 Å². The van der Waals surface area contributed by atoms with Crippen LogP contribution in [0, 0.1) is 0 Å². The van der Waals surface area contributed by atoms with Gasteiger partial charge in [-0.1, -0.05) is 6.58 Å². The normalized spacial score (nSPS) is 35.2. The molecule has 2 saturated heterocycles. The monoisotopic (exact) mass is 318 g/mol. The van der Waals surface area contributed by atoms with Crippen LogP contribution in [0.2, 0.25) is 0 Å². The molecule has 2 bridgehead atoms. The van der Waals surface area contributed by atoms with Crippen LogP contribution in [0.4, 0.5) is 0 Å². The lowest BCUT2D eigenvalue weighted by Gasteiger charge is -2.33. The SMILES string of the molecule is C=CC(=O)NCC(=O)OC1C2CCC(C)(O2)C1OS(=O)[O-]. The van der Waals surface area contributed by atoms with E-state index >= 15 is 0 Å². The lowest BCUT2D eigenvalue weighted by atomic mass is 9.85. The molecular formula is C12H16NO7S-. The molecule has 0 spiro atoms. The molecule has 21 heavy (non-hydrogen) atoms. The Balaban J connectivity index is 1.97. The van der Waals surface area contributed by atoms with Gasteiger partial charge in [-0.25, -0.2) is 4.21 Å². The minimum Gasteiger partial charge on any atom is -0.750 e. The first-order valence-electron chi connectivity index (χ1n) is 6.39. The fourth-order valence-corrected chi connectivity index (χ4v) is 3.16. The van der Waals surface area contributed by atoms with Gasteiger partial charge < -0.3 is 19.3 Å². The molecule has 2 heterocycles. The van der Waals surface area contributed by atoms with Gasteiger partial charge in [0, 0.05) is 0 Å². The van der Waals surface area contributed by atoms with Crippen molar-refractivity contribution in [2.45, 2.75) is 43.7 Å². The Morgan fingerprint density at radius 3 is 2.95 bits per heavy atom. The minimum atomic E-state index is -2.74. The molecular weight excluding hydrogens is 302 g/mol. The summed E-state index contributed by atoms with van der Waals surface area (Å²) in [6.45, 7) is 4.64. The van der Waals surface area contributed by atoms with Gasteiger partial charge >= 0.3 is 5.97 Å². The average Bonchev–Trinajstić information content (AvgIpc) is 2.92. The van der Waals surface area contributed by atoms with Crippen LogP contribution in [0.25, 0.3) is 0 Å².